The second-order valence-corrected chi connectivity index (χ2v) is 6.14. The molecule has 5 heteroatoms. The fraction of sp³-hybridized carbons (Fsp3) is 0.929. The summed E-state index contributed by atoms with van der Waals surface area (Å²) in [5.41, 5.74) is 4.90. The summed E-state index contributed by atoms with van der Waals surface area (Å²) in [6.07, 6.45) is 0. The van der Waals surface area contributed by atoms with E-state index in [9.17, 15) is 4.79 Å². The summed E-state index contributed by atoms with van der Waals surface area (Å²) in [6.45, 7) is 11.0. The van der Waals surface area contributed by atoms with E-state index in [1.54, 1.807) is 19.1 Å². The third-order valence-electron chi connectivity index (χ3n) is 3.88. The average Bonchev–Trinajstić information content (AvgIpc) is 2.28. The molecule has 1 amide bonds. The summed E-state index contributed by atoms with van der Waals surface area (Å²) in [6, 6.07) is -0.00530. The van der Waals surface area contributed by atoms with E-state index in [0.29, 0.717) is 19.8 Å². The van der Waals surface area contributed by atoms with Gasteiger partial charge in [-0.15, -0.1) is 0 Å². The van der Waals surface area contributed by atoms with Crippen molar-refractivity contribution in [1.82, 2.24) is 4.90 Å². The lowest BCUT2D eigenvalue weighted by molar-refractivity contribution is -0.147. The van der Waals surface area contributed by atoms with Gasteiger partial charge in [0.05, 0.1) is 24.7 Å². The van der Waals surface area contributed by atoms with Crippen LogP contribution in [0.4, 0.5) is 0 Å². The maximum atomic E-state index is 12.8. The Morgan fingerprint density at radius 2 is 1.74 bits per heavy atom. The molecule has 0 aliphatic rings. The fourth-order valence-electron chi connectivity index (χ4n) is 1.68. The van der Waals surface area contributed by atoms with Gasteiger partial charge in [0.25, 0.3) is 0 Å². The Morgan fingerprint density at radius 1 is 1.21 bits per heavy atom. The number of hydrogen-bond donors (Lipinski definition) is 1. The Labute approximate surface area is 117 Å². The van der Waals surface area contributed by atoms with Crippen molar-refractivity contribution in [3.05, 3.63) is 0 Å². The standard InChI is InChI=1S/C14H30N2O3/c1-11(10-19-7)16(8-9-18-6)12(17)13(2,3)14(4,5)15/h11H,8-10,15H2,1-7H3. The first-order valence-corrected chi connectivity index (χ1v) is 6.67. The molecule has 0 radical (unpaired) electrons. The van der Waals surface area contributed by atoms with Crippen molar-refractivity contribution in [3.8, 4) is 0 Å². The Kier molecular flexibility index (Phi) is 6.97. The van der Waals surface area contributed by atoms with Gasteiger partial charge in [0.1, 0.15) is 0 Å². The highest BCUT2D eigenvalue weighted by Gasteiger charge is 2.43. The van der Waals surface area contributed by atoms with Crippen LogP contribution in [0.3, 0.4) is 0 Å². The number of carbonyl (C=O) groups is 1. The first kappa shape index (κ1) is 18.4. The molecule has 0 aliphatic heterocycles. The van der Waals surface area contributed by atoms with Crippen LogP contribution in [0, 0.1) is 5.41 Å². The van der Waals surface area contributed by atoms with E-state index in [0.717, 1.165) is 0 Å². The Hall–Kier alpha value is -0.650. The molecule has 0 aromatic carbocycles. The maximum Gasteiger partial charge on any atom is 0.230 e. The summed E-state index contributed by atoms with van der Waals surface area (Å²) in [5, 5.41) is 0. The van der Waals surface area contributed by atoms with Crippen molar-refractivity contribution in [2.45, 2.75) is 46.2 Å². The highest BCUT2D eigenvalue weighted by molar-refractivity contribution is 5.83. The predicted octanol–water partition coefficient (Wildman–Crippen LogP) is 1.26. The van der Waals surface area contributed by atoms with Gasteiger partial charge in [0, 0.05) is 26.3 Å². The van der Waals surface area contributed by atoms with Crippen molar-refractivity contribution < 1.29 is 14.3 Å². The van der Waals surface area contributed by atoms with Gasteiger partial charge < -0.3 is 20.1 Å². The van der Waals surface area contributed by atoms with Crippen molar-refractivity contribution >= 4 is 5.91 Å². The summed E-state index contributed by atoms with van der Waals surface area (Å²) < 4.78 is 10.2. The first-order valence-electron chi connectivity index (χ1n) is 6.67. The summed E-state index contributed by atoms with van der Waals surface area (Å²) in [5.74, 6) is 0.0293. The molecule has 0 fully saturated rings. The number of carbonyl (C=O) groups excluding carboxylic acids is 1. The molecule has 5 nitrogen and oxygen atoms in total. The van der Waals surface area contributed by atoms with E-state index in [4.69, 9.17) is 15.2 Å². The minimum atomic E-state index is -0.650. The van der Waals surface area contributed by atoms with Crippen LogP contribution in [0.15, 0.2) is 0 Å². The van der Waals surface area contributed by atoms with Crippen LogP contribution in [0.1, 0.15) is 34.6 Å². The number of amides is 1. The van der Waals surface area contributed by atoms with E-state index in [2.05, 4.69) is 0 Å². The summed E-state index contributed by atoms with van der Waals surface area (Å²) in [4.78, 5) is 14.6. The molecule has 0 heterocycles. The number of rotatable bonds is 8. The molecule has 0 spiro atoms. The zero-order chi connectivity index (χ0) is 15.3. The predicted molar refractivity (Wildman–Crippen MR) is 77.0 cm³/mol. The van der Waals surface area contributed by atoms with Crippen LogP contribution in [0.25, 0.3) is 0 Å². The monoisotopic (exact) mass is 274 g/mol. The van der Waals surface area contributed by atoms with Gasteiger partial charge in [-0.25, -0.2) is 0 Å². The summed E-state index contributed by atoms with van der Waals surface area (Å²) in [7, 11) is 3.26. The lowest BCUT2D eigenvalue weighted by atomic mass is 9.74. The molecule has 0 aliphatic carbocycles. The third-order valence-corrected chi connectivity index (χ3v) is 3.88. The molecular formula is C14H30N2O3. The fourth-order valence-corrected chi connectivity index (χ4v) is 1.68. The quantitative estimate of drug-likeness (QED) is 0.723. The number of ether oxygens (including phenoxy) is 2. The van der Waals surface area contributed by atoms with Gasteiger partial charge in [-0.3, -0.25) is 4.79 Å². The Morgan fingerprint density at radius 3 is 2.11 bits per heavy atom. The highest BCUT2D eigenvalue weighted by atomic mass is 16.5. The van der Waals surface area contributed by atoms with E-state index in [1.165, 1.54) is 0 Å². The van der Waals surface area contributed by atoms with Crippen LogP contribution in [0.2, 0.25) is 0 Å². The van der Waals surface area contributed by atoms with Crippen molar-refractivity contribution in [2.75, 3.05) is 34.0 Å². The molecule has 1 unspecified atom stereocenters. The normalized spacial score (nSPS) is 14.3. The van der Waals surface area contributed by atoms with E-state index in [1.807, 2.05) is 34.6 Å². The smallest absolute Gasteiger partial charge is 0.230 e. The minimum Gasteiger partial charge on any atom is -0.383 e. The molecule has 19 heavy (non-hydrogen) atoms. The molecule has 0 aromatic rings. The lowest BCUT2D eigenvalue weighted by Gasteiger charge is -2.42. The molecule has 0 aromatic heterocycles. The van der Waals surface area contributed by atoms with Crippen LogP contribution in [-0.4, -0.2) is 56.4 Å². The highest BCUT2D eigenvalue weighted by Crippen LogP contribution is 2.31. The summed E-state index contributed by atoms with van der Waals surface area (Å²) >= 11 is 0. The second kappa shape index (κ2) is 7.22. The molecule has 0 bridgehead atoms. The van der Waals surface area contributed by atoms with Crippen LogP contribution >= 0.6 is 0 Å². The molecule has 1 atom stereocenters. The number of nitrogens with two attached hydrogens (primary N) is 1. The van der Waals surface area contributed by atoms with Crippen LogP contribution in [-0.2, 0) is 14.3 Å². The molecule has 114 valence electrons. The zero-order valence-corrected chi connectivity index (χ0v) is 13.4. The van der Waals surface area contributed by atoms with Crippen molar-refractivity contribution in [1.29, 1.82) is 0 Å². The lowest BCUT2D eigenvalue weighted by Crippen LogP contribution is -2.58. The van der Waals surface area contributed by atoms with Gasteiger partial charge in [0.2, 0.25) is 5.91 Å². The SMILES string of the molecule is COCCN(C(=O)C(C)(C)C(C)(C)N)C(C)COC. The molecule has 0 rings (SSSR count). The maximum absolute atomic E-state index is 12.8. The van der Waals surface area contributed by atoms with Crippen LogP contribution in [0.5, 0.6) is 0 Å². The van der Waals surface area contributed by atoms with E-state index in [-0.39, 0.29) is 11.9 Å². The minimum absolute atomic E-state index is 0.00530. The van der Waals surface area contributed by atoms with Gasteiger partial charge in [0.15, 0.2) is 0 Å². The number of methoxy groups -OCH3 is 2. The van der Waals surface area contributed by atoms with E-state index < -0.39 is 11.0 Å². The largest absolute Gasteiger partial charge is 0.383 e. The Balaban J connectivity index is 5.09. The number of hydrogen-bond acceptors (Lipinski definition) is 4. The van der Waals surface area contributed by atoms with Gasteiger partial charge >= 0.3 is 0 Å². The molecular weight excluding hydrogens is 244 g/mol. The van der Waals surface area contributed by atoms with Crippen molar-refractivity contribution in [2.24, 2.45) is 11.1 Å². The molecule has 2 N–H and O–H groups in total. The van der Waals surface area contributed by atoms with Gasteiger partial charge in [-0.1, -0.05) is 0 Å². The topological polar surface area (TPSA) is 64.8 Å². The Bertz CT molecular complexity index is 285. The van der Waals surface area contributed by atoms with Gasteiger partial charge in [-0.2, -0.15) is 0 Å². The average molecular weight is 274 g/mol. The third kappa shape index (κ3) is 4.75. The van der Waals surface area contributed by atoms with Gasteiger partial charge in [-0.05, 0) is 34.6 Å². The molecule has 0 saturated heterocycles. The molecule has 0 saturated carbocycles. The van der Waals surface area contributed by atoms with Crippen molar-refractivity contribution in [3.63, 3.8) is 0 Å². The van der Waals surface area contributed by atoms with Crippen LogP contribution < -0.4 is 5.73 Å². The zero-order valence-electron chi connectivity index (χ0n) is 13.4. The number of nitrogens with zero attached hydrogens (tertiary/aromatic N) is 1. The van der Waals surface area contributed by atoms with E-state index >= 15 is 0 Å². The second-order valence-electron chi connectivity index (χ2n) is 6.14. The first-order chi connectivity index (χ1) is 8.59.